The summed E-state index contributed by atoms with van der Waals surface area (Å²) >= 11 is 3.14. The first-order valence-corrected chi connectivity index (χ1v) is 26.9. The Morgan fingerprint density at radius 2 is 1.12 bits per heavy atom. The van der Waals surface area contributed by atoms with E-state index in [1.54, 1.807) is 57.3 Å². The van der Waals surface area contributed by atoms with Crippen molar-refractivity contribution in [1.29, 1.82) is 0 Å². The van der Waals surface area contributed by atoms with E-state index in [1.165, 1.54) is 5.57 Å². The number of allylic oxidation sites excluding steroid dienone is 2. The lowest BCUT2D eigenvalue weighted by molar-refractivity contribution is -0.156. The Kier molecular flexibility index (Phi) is 23.1. The number of aliphatic hydroxyl groups is 3. The first-order chi connectivity index (χ1) is 32.1. The molecule has 4 heterocycles. The van der Waals surface area contributed by atoms with Crippen LogP contribution in [0.2, 0.25) is 0 Å². The summed E-state index contributed by atoms with van der Waals surface area (Å²) in [4.78, 5) is 61.4. The number of carbonyl (C=O) groups excluding carboxylic acids is 4. The van der Waals surface area contributed by atoms with Gasteiger partial charge in [0.05, 0.1) is 63.4 Å². The maximum atomic E-state index is 13.3. The van der Waals surface area contributed by atoms with Gasteiger partial charge in [-0.1, -0.05) is 106 Å². The average molecular weight is 995 g/mol. The Morgan fingerprint density at radius 3 is 1.58 bits per heavy atom. The Morgan fingerprint density at radius 1 is 0.667 bits per heavy atom. The second kappa shape index (κ2) is 26.7. The third-order valence-corrected chi connectivity index (χ3v) is 16.5. The summed E-state index contributed by atoms with van der Waals surface area (Å²) in [6, 6.07) is 0. The van der Waals surface area contributed by atoms with E-state index in [0.717, 1.165) is 71.1 Å². The van der Waals surface area contributed by atoms with Crippen molar-refractivity contribution in [2.24, 2.45) is 52.3 Å². The van der Waals surface area contributed by atoms with Crippen LogP contribution in [-0.2, 0) is 28.7 Å². The summed E-state index contributed by atoms with van der Waals surface area (Å²) in [5.74, 6) is -1.71. The fraction of sp³-hybridized carbons (Fsp3) is 0.679. The van der Waals surface area contributed by atoms with Crippen LogP contribution in [0.5, 0.6) is 0 Å². The summed E-state index contributed by atoms with van der Waals surface area (Å²) in [7, 11) is 0. The molecular formula is C56H86N2O9S2. The maximum Gasteiger partial charge on any atom is 0.309 e. The van der Waals surface area contributed by atoms with Gasteiger partial charge in [-0.05, 0) is 108 Å². The van der Waals surface area contributed by atoms with Gasteiger partial charge in [-0.15, -0.1) is 22.7 Å². The zero-order valence-electron chi connectivity index (χ0n) is 44.6. The second-order valence-corrected chi connectivity index (χ2v) is 23.8. The molecule has 0 fully saturated rings. The molecule has 3 N–H and O–H groups in total. The Balaban J connectivity index is 0.000000365. The number of ketones is 2. The number of nitrogens with zero attached hydrogens (tertiary/aromatic N) is 2. The number of aliphatic hydroxyl groups excluding tert-OH is 3. The van der Waals surface area contributed by atoms with Gasteiger partial charge in [0.1, 0.15) is 23.8 Å². The molecule has 0 saturated carbocycles. The van der Waals surface area contributed by atoms with E-state index in [0.29, 0.717) is 5.92 Å². The molecule has 11 nitrogen and oxygen atoms in total. The van der Waals surface area contributed by atoms with Crippen LogP contribution in [0.3, 0.4) is 0 Å². The molecule has 2 unspecified atom stereocenters. The molecule has 69 heavy (non-hydrogen) atoms. The van der Waals surface area contributed by atoms with Crippen molar-refractivity contribution < 1.29 is 44.0 Å². The zero-order valence-corrected chi connectivity index (χ0v) is 46.3. The van der Waals surface area contributed by atoms with Gasteiger partial charge in [-0.25, -0.2) is 9.97 Å². The fourth-order valence-electron chi connectivity index (χ4n) is 9.57. The number of cyclic esters (lactones) is 2. The molecule has 0 saturated heterocycles. The highest BCUT2D eigenvalue weighted by molar-refractivity contribution is 7.09. The third kappa shape index (κ3) is 17.3. The number of hydrogen-bond acceptors (Lipinski definition) is 13. The highest BCUT2D eigenvalue weighted by Gasteiger charge is 2.44. The molecule has 2 aliphatic rings. The van der Waals surface area contributed by atoms with Crippen molar-refractivity contribution in [1.82, 2.24) is 9.97 Å². The molecule has 0 aliphatic carbocycles. The topological polar surface area (TPSA) is 173 Å². The molecule has 0 amide bonds. The Bertz CT molecular complexity index is 2150. The Hall–Kier alpha value is -3.62. The first-order valence-electron chi connectivity index (χ1n) is 25.1. The number of hydrogen-bond donors (Lipinski definition) is 3. The number of aromatic nitrogens is 2. The van der Waals surface area contributed by atoms with E-state index in [1.807, 2.05) is 78.3 Å². The van der Waals surface area contributed by atoms with Gasteiger partial charge in [0.2, 0.25) is 0 Å². The van der Waals surface area contributed by atoms with Gasteiger partial charge in [0.15, 0.2) is 0 Å². The van der Waals surface area contributed by atoms with Crippen LogP contribution < -0.4 is 0 Å². The smallest absolute Gasteiger partial charge is 0.309 e. The van der Waals surface area contributed by atoms with E-state index in [9.17, 15) is 34.5 Å². The van der Waals surface area contributed by atoms with Crippen LogP contribution in [0.25, 0.3) is 12.2 Å². The molecular weight excluding hydrogens is 909 g/mol. The van der Waals surface area contributed by atoms with Crippen LogP contribution in [0, 0.1) is 66.1 Å². The predicted molar refractivity (Wildman–Crippen MR) is 280 cm³/mol. The molecule has 0 radical (unpaired) electrons. The minimum atomic E-state index is -1.22. The first kappa shape index (κ1) is 59.7. The summed E-state index contributed by atoms with van der Waals surface area (Å²) in [6.45, 7) is 30.6. The summed E-state index contributed by atoms with van der Waals surface area (Å²) in [5, 5.41) is 38.5. The molecule has 0 bridgehead atoms. The van der Waals surface area contributed by atoms with Crippen LogP contribution in [-0.4, -0.2) is 79.3 Å². The van der Waals surface area contributed by atoms with Crippen molar-refractivity contribution in [3.8, 4) is 0 Å². The van der Waals surface area contributed by atoms with Crippen LogP contribution in [0.15, 0.2) is 45.7 Å². The lowest BCUT2D eigenvalue weighted by Gasteiger charge is -2.35. The molecule has 13 heteroatoms. The monoisotopic (exact) mass is 995 g/mol. The number of esters is 2. The quantitative estimate of drug-likeness (QED) is 0.196. The SMILES string of the molecule is C/C(=C\c1csc(C)n1)[C@H]1OC(=O)C[C@H](O)C(C)(C)C(=O)[C@H](C)[C@@H](C)[C@@H](C)CCC/C=C\C1C.C/C1=C/C(C)[C@@H](/C(C)=C/c2csc(C)n2)OC(=O)C[C@H](O)C(C)(C)C(=O)[C@H](C)[C@@H](O)[C@@H](C)CCC1. The highest BCUT2D eigenvalue weighted by Crippen LogP contribution is 2.36. The minimum Gasteiger partial charge on any atom is -0.457 e. The number of Topliss-reactive ketones (excluding diaryl/α,β-unsaturated/α-hetero) is 2. The van der Waals surface area contributed by atoms with Gasteiger partial charge in [0.25, 0.3) is 0 Å². The minimum absolute atomic E-state index is 0.000892. The van der Waals surface area contributed by atoms with Crippen molar-refractivity contribution in [3.63, 3.8) is 0 Å². The van der Waals surface area contributed by atoms with E-state index in [-0.39, 0.29) is 54.0 Å². The zero-order chi connectivity index (χ0) is 52.1. The summed E-state index contributed by atoms with van der Waals surface area (Å²) in [5.41, 5.74) is 2.41. The summed E-state index contributed by atoms with van der Waals surface area (Å²) in [6.07, 6.45) is 11.3. The number of carbonyl (C=O) groups is 4. The number of thiazole rings is 2. The van der Waals surface area contributed by atoms with Gasteiger partial charge >= 0.3 is 11.9 Å². The number of rotatable bonds is 4. The number of aryl methyl sites for hydroxylation is 2. The van der Waals surface area contributed by atoms with Crippen LogP contribution in [0.4, 0.5) is 0 Å². The van der Waals surface area contributed by atoms with Crippen LogP contribution >= 0.6 is 22.7 Å². The lowest BCUT2D eigenvalue weighted by Crippen LogP contribution is -2.45. The largest absolute Gasteiger partial charge is 0.457 e. The molecule has 386 valence electrons. The van der Waals surface area contributed by atoms with Crippen molar-refractivity contribution in [2.75, 3.05) is 0 Å². The molecule has 2 aromatic rings. The molecule has 0 spiro atoms. The molecule has 0 aromatic carbocycles. The molecule has 4 rings (SSSR count). The number of ether oxygens (including phenoxy) is 2. The van der Waals surface area contributed by atoms with Gasteiger partial charge in [-0.3, -0.25) is 19.2 Å². The molecule has 2 aromatic heterocycles. The van der Waals surface area contributed by atoms with Crippen molar-refractivity contribution in [2.45, 2.75) is 193 Å². The van der Waals surface area contributed by atoms with E-state index in [4.69, 9.17) is 9.47 Å². The molecule has 12 atom stereocenters. The lowest BCUT2D eigenvalue weighted by atomic mass is 9.70. The van der Waals surface area contributed by atoms with Crippen LogP contribution in [0.1, 0.15) is 170 Å². The van der Waals surface area contributed by atoms with Gasteiger partial charge in [0, 0.05) is 34.4 Å². The molecule has 2 aliphatic heterocycles. The highest BCUT2D eigenvalue weighted by atomic mass is 32.1. The predicted octanol–water partition coefficient (Wildman–Crippen LogP) is 11.9. The van der Waals surface area contributed by atoms with Crippen molar-refractivity contribution in [3.05, 3.63) is 67.1 Å². The second-order valence-electron chi connectivity index (χ2n) is 21.7. The standard InChI is InChI=1S/C28H43NO5S.C28H43NO4S/c1-16-10-9-11-17(2)25(32)20(5)27(33)28(7,8)23(30)14-24(31)34-26(18(3)12-16)19(4)13-22-15-35-21(6)29-22;1-17-12-10-9-11-13-18(2)26(19(3)14-23-16-34-22(6)29-23)33-25(31)15-24(30)28(7,8)27(32)21(5)20(17)4/h12-13,15,17-18,20,23,25-26,30,32H,9-11,14H2,1-8H3;11,13-14,16-18,20-21,24,26,30H,9-10,12,15H2,1-8H3/b16-12-,19-13+;13-11-,19-14+/t17-,18?,20+,23-,25-,26-;17-,18?,20-,21+,24-,26-/m00/s1. The fourth-order valence-corrected chi connectivity index (χ4v) is 10.7. The average Bonchev–Trinajstić information content (AvgIpc) is 3.90. The Labute approximate surface area is 422 Å². The van der Waals surface area contributed by atoms with E-state index >= 15 is 0 Å². The van der Waals surface area contributed by atoms with Crippen molar-refractivity contribution >= 4 is 58.3 Å². The normalized spacial score (nSPS) is 33.5. The van der Waals surface area contributed by atoms with E-state index < -0.39 is 59.2 Å². The third-order valence-electron chi connectivity index (χ3n) is 14.9. The maximum absolute atomic E-state index is 13.3. The summed E-state index contributed by atoms with van der Waals surface area (Å²) < 4.78 is 11.8. The van der Waals surface area contributed by atoms with Gasteiger partial charge < -0.3 is 24.8 Å². The van der Waals surface area contributed by atoms with Gasteiger partial charge in [-0.2, -0.15) is 0 Å². The van der Waals surface area contributed by atoms with E-state index in [2.05, 4.69) is 49.0 Å².